The molecule has 0 aliphatic rings. The number of rotatable bonds is 5. The molecule has 0 saturated heterocycles. The van der Waals surface area contributed by atoms with E-state index in [0.717, 1.165) is 9.92 Å². The van der Waals surface area contributed by atoms with Crippen LogP contribution in [0.1, 0.15) is 0 Å². The topological polar surface area (TPSA) is 18.5 Å². The Hall–Kier alpha value is -0.220. The van der Waals surface area contributed by atoms with Crippen LogP contribution in [-0.4, -0.2) is 20.3 Å². The Balaban J connectivity index is 2.25. The van der Waals surface area contributed by atoms with Gasteiger partial charge in [0.15, 0.2) is 0 Å². The minimum atomic E-state index is 0.587. The van der Waals surface area contributed by atoms with E-state index in [1.165, 1.54) is 12.0 Å². The number of halogens is 1. The molecule has 0 heterocycles. The number of methoxy groups -OCH3 is 1. The Morgan fingerprint density at radius 1 is 1.23 bits per heavy atom. The fourth-order valence-electron chi connectivity index (χ4n) is 0.717. The maximum atomic E-state index is 5.73. The molecule has 0 fully saturated rings. The second kappa shape index (κ2) is 6.27. The lowest BCUT2D eigenvalue weighted by molar-refractivity contribution is 0.157. The van der Waals surface area contributed by atoms with Crippen LogP contribution < -0.4 is 0 Å². The zero-order chi connectivity index (χ0) is 9.52. The third-order valence-electron chi connectivity index (χ3n) is 1.34. The lowest BCUT2D eigenvalue weighted by atomic mass is 10.4. The maximum Gasteiger partial charge on any atom is 0.0852 e. The SMILES string of the molecule is COCCOSc1ccc(Cl)cc1. The van der Waals surface area contributed by atoms with Crippen LogP contribution in [0.2, 0.25) is 5.02 Å². The highest BCUT2D eigenvalue weighted by Crippen LogP contribution is 2.20. The Morgan fingerprint density at radius 2 is 1.92 bits per heavy atom. The molecule has 2 nitrogen and oxygen atoms in total. The van der Waals surface area contributed by atoms with E-state index in [2.05, 4.69) is 0 Å². The zero-order valence-corrected chi connectivity index (χ0v) is 8.90. The van der Waals surface area contributed by atoms with Gasteiger partial charge >= 0.3 is 0 Å². The number of hydrogen-bond donors (Lipinski definition) is 0. The van der Waals surface area contributed by atoms with Crippen molar-refractivity contribution in [1.29, 1.82) is 0 Å². The van der Waals surface area contributed by atoms with E-state index >= 15 is 0 Å². The van der Waals surface area contributed by atoms with Gasteiger partial charge in [0.2, 0.25) is 0 Å². The van der Waals surface area contributed by atoms with Gasteiger partial charge < -0.3 is 8.92 Å². The summed E-state index contributed by atoms with van der Waals surface area (Å²) in [7, 11) is 1.65. The lowest BCUT2D eigenvalue weighted by Gasteiger charge is -2.01. The molecule has 0 aromatic heterocycles. The first-order valence-corrected chi connectivity index (χ1v) is 4.99. The summed E-state index contributed by atoms with van der Waals surface area (Å²) >= 11 is 7.06. The molecule has 0 aliphatic carbocycles. The Morgan fingerprint density at radius 3 is 2.54 bits per heavy atom. The molecule has 0 atom stereocenters. The average Bonchev–Trinajstić information content (AvgIpc) is 2.15. The van der Waals surface area contributed by atoms with E-state index in [9.17, 15) is 0 Å². The largest absolute Gasteiger partial charge is 0.382 e. The summed E-state index contributed by atoms with van der Waals surface area (Å²) in [6.45, 7) is 1.20. The summed E-state index contributed by atoms with van der Waals surface area (Å²) < 4.78 is 10.1. The molecule has 0 bridgehead atoms. The first-order valence-electron chi connectivity index (χ1n) is 3.87. The zero-order valence-electron chi connectivity index (χ0n) is 7.33. The molecule has 0 unspecified atom stereocenters. The van der Waals surface area contributed by atoms with Gasteiger partial charge in [-0.15, -0.1) is 0 Å². The molecule has 1 aromatic carbocycles. The van der Waals surface area contributed by atoms with Crippen LogP contribution >= 0.6 is 23.6 Å². The standard InChI is InChI=1S/C9H11ClO2S/c1-11-6-7-12-13-9-4-2-8(10)3-5-9/h2-5H,6-7H2,1H3. The Kier molecular flexibility index (Phi) is 5.23. The van der Waals surface area contributed by atoms with Gasteiger partial charge in [-0.05, 0) is 24.3 Å². The number of benzene rings is 1. The fourth-order valence-corrected chi connectivity index (χ4v) is 1.38. The fraction of sp³-hybridized carbons (Fsp3) is 0.333. The van der Waals surface area contributed by atoms with E-state index in [1.807, 2.05) is 24.3 Å². The van der Waals surface area contributed by atoms with Crippen molar-refractivity contribution < 1.29 is 8.92 Å². The number of ether oxygens (including phenoxy) is 1. The third-order valence-corrected chi connectivity index (χ3v) is 2.34. The van der Waals surface area contributed by atoms with Crippen LogP contribution in [0.25, 0.3) is 0 Å². The number of hydrogen-bond acceptors (Lipinski definition) is 3. The van der Waals surface area contributed by atoms with Gasteiger partial charge in [0.25, 0.3) is 0 Å². The molecular formula is C9H11ClO2S. The van der Waals surface area contributed by atoms with Gasteiger partial charge in [0, 0.05) is 29.1 Å². The van der Waals surface area contributed by atoms with Crippen molar-refractivity contribution in [3.63, 3.8) is 0 Å². The van der Waals surface area contributed by atoms with E-state index < -0.39 is 0 Å². The van der Waals surface area contributed by atoms with E-state index in [0.29, 0.717) is 13.2 Å². The van der Waals surface area contributed by atoms with E-state index in [4.69, 9.17) is 20.5 Å². The van der Waals surface area contributed by atoms with Gasteiger partial charge in [-0.3, -0.25) is 0 Å². The lowest BCUT2D eigenvalue weighted by Crippen LogP contribution is -1.95. The molecule has 0 amide bonds. The van der Waals surface area contributed by atoms with E-state index in [1.54, 1.807) is 7.11 Å². The first-order chi connectivity index (χ1) is 6.33. The summed E-state index contributed by atoms with van der Waals surface area (Å²) in [5.74, 6) is 0. The van der Waals surface area contributed by atoms with Crippen molar-refractivity contribution in [2.75, 3.05) is 20.3 Å². The average molecular weight is 219 g/mol. The van der Waals surface area contributed by atoms with Crippen molar-refractivity contribution in [2.45, 2.75) is 4.90 Å². The summed E-state index contributed by atoms with van der Waals surface area (Å²) in [6.07, 6.45) is 0. The predicted molar refractivity (Wildman–Crippen MR) is 55.1 cm³/mol. The second-order valence-electron chi connectivity index (χ2n) is 2.35. The van der Waals surface area contributed by atoms with Gasteiger partial charge in [0.1, 0.15) is 0 Å². The quantitative estimate of drug-likeness (QED) is 0.559. The molecule has 0 radical (unpaired) electrons. The van der Waals surface area contributed by atoms with Crippen LogP contribution in [0.4, 0.5) is 0 Å². The third kappa shape index (κ3) is 4.52. The monoisotopic (exact) mass is 218 g/mol. The Labute approximate surface area is 87.4 Å². The highest BCUT2D eigenvalue weighted by Gasteiger charge is 1.94. The first kappa shape index (κ1) is 10.9. The molecule has 1 rings (SSSR count). The molecular weight excluding hydrogens is 208 g/mol. The van der Waals surface area contributed by atoms with Gasteiger partial charge in [-0.25, -0.2) is 0 Å². The summed E-state index contributed by atoms with van der Waals surface area (Å²) in [5.41, 5.74) is 0. The summed E-state index contributed by atoms with van der Waals surface area (Å²) in [5, 5.41) is 0.737. The van der Waals surface area contributed by atoms with Crippen LogP contribution in [0.3, 0.4) is 0 Å². The van der Waals surface area contributed by atoms with Crippen LogP contribution in [0, 0.1) is 0 Å². The molecule has 0 spiro atoms. The van der Waals surface area contributed by atoms with Crippen LogP contribution in [-0.2, 0) is 8.92 Å². The van der Waals surface area contributed by atoms with Crippen LogP contribution in [0.15, 0.2) is 29.2 Å². The highest BCUT2D eigenvalue weighted by atomic mass is 35.5. The molecule has 0 N–H and O–H groups in total. The molecule has 72 valence electrons. The van der Waals surface area contributed by atoms with Gasteiger partial charge in [-0.2, -0.15) is 0 Å². The normalized spacial score (nSPS) is 10.3. The second-order valence-corrected chi connectivity index (χ2v) is 3.66. The smallest absolute Gasteiger partial charge is 0.0852 e. The molecule has 4 heteroatoms. The van der Waals surface area contributed by atoms with Crippen molar-refractivity contribution in [2.24, 2.45) is 0 Å². The van der Waals surface area contributed by atoms with Crippen molar-refractivity contribution in [1.82, 2.24) is 0 Å². The Bertz CT molecular complexity index is 238. The summed E-state index contributed by atoms with van der Waals surface area (Å²) in [6, 6.07) is 7.51. The highest BCUT2D eigenvalue weighted by molar-refractivity contribution is 7.94. The maximum absolute atomic E-state index is 5.73. The molecule has 13 heavy (non-hydrogen) atoms. The minimum absolute atomic E-state index is 0.587. The molecule has 0 saturated carbocycles. The molecule has 0 aliphatic heterocycles. The minimum Gasteiger partial charge on any atom is -0.382 e. The van der Waals surface area contributed by atoms with Crippen molar-refractivity contribution in [3.8, 4) is 0 Å². The van der Waals surface area contributed by atoms with Crippen molar-refractivity contribution >= 4 is 23.6 Å². The molecule has 1 aromatic rings. The van der Waals surface area contributed by atoms with Gasteiger partial charge in [0.05, 0.1) is 13.2 Å². The van der Waals surface area contributed by atoms with Crippen LogP contribution in [0.5, 0.6) is 0 Å². The van der Waals surface area contributed by atoms with E-state index in [-0.39, 0.29) is 0 Å². The van der Waals surface area contributed by atoms with Crippen molar-refractivity contribution in [3.05, 3.63) is 29.3 Å². The van der Waals surface area contributed by atoms with Gasteiger partial charge in [-0.1, -0.05) is 11.6 Å². The predicted octanol–water partition coefficient (Wildman–Crippen LogP) is 3.01. The summed E-state index contributed by atoms with van der Waals surface area (Å²) in [4.78, 5) is 1.04.